The quantitative estimate of drug-likeness (QED) is 0.398. The maximum Gasteiger partial charge on any atom is 0.232 e. The number of halogens is 2. The molecule has 0 fully saturated rings. The molecule has 0 aliphatic carbocycles. The average molecular weight is 493 g/mol. The highest BCUT2D eigenvalue weighted by atomic mass is 35.7. The summed E-state index contributed by atoms with van der Waals surface area (Å²) in [6.07, 6.45) is 2.67. The molecule has 0 aliphatic rings. The second kappa shape index (κ2) is 8.42. The fourth-order valence-electron chi connectivity index (χ4n) is 3.18. The van der Waals surface area contributed by atoms with Crippen molar-refractivity contribution in [1.82, 2.24) is 9.97 Å². The van der Waals surface area contributed by atoms with Crippen molar-refractivity contribution in [2.24, 2.45) is 0 Å². The zero-order valence-corrected chi connectivity index (χ0v) is 18.4. The molecule has 0 saturated heterocycles. The first kappa shape index (κ1) is 22.1. The van der Waals surface area contributed by atoms with E-state index in [1.54, 1.807) is 24.3 Å². The van der Waals surface area contributed by atoms with Crippen LogP contribution in [0.5, 0.6) is 11.5 Å². The summed E-state index contributed by atoms with van der Waals surface area (Å²) in [5.41, 5.74) is 0.341. The maximum absolute atomic E-state index is 12.8. The van der Waals surface area contributed by atoms with Gasteiger partial charge < -0.3 is 14.6 Å². The van der Waals surface area contributed by atoms with Gasteiger partial charge in [0.1, 0.15) is 22.6 Å². The lowest BCUT2D eigenvalue weighted by Gasteiger charge is -2.11. The fourth-order valence-corrected chi connectivity index (χ4v) is 4.10. The summed E-state index contributed by atoms with van der Waals surface area (Å²) in [6, 6.07) is 8.95. The average Bonchev–Trinajstić information content (AvgIpc) is 2.72. The van der Waals surface area contributed by atoms with E-state index in [2.05, 4.69) is 9.97 Å². The highest BCUT2D eigenvalue weighted by Gasteiger charge is 2.21. The molecule has 164 valence electrons. The molecule has 0 spiro atoms. The van der Waals surface area contributed by atoms with Gasteiger partial charge in [-0.3, -0.25) is 14.8 Å². The molecule has 11 heteroatoms. The number of aromatic nitrogens is 2. The zero-order valence-electron chi connectivity index (χ0n) is 16.1. The molecule has 0 aliphatic heterocycles. The van der Waals surface area contributed by atoms with Crippen molar-refractivity contribution in [3.63, 3.8) is 0 Å². The summed E-state index contributed by atoms with van der Waals surface area (Å²) in [4.78, 5) is 21.1. The van der Waals surface area contributed by atoms with Gasteiger partial charge in [0.25, 0.3) is 0 Å². The monoisotopic (exact) mass is 492 g/mol. The summed E-state index contributed by atoms with van der Waals surface area (Å²) in [6.45, 7) is 0. The van der Waals surface area contributed by atoms with Crippen molar-refractivity contribution >= 4 is 42.3 Å². The van der Waals surface area contributed by atoms with Crippen LogP contribution in [0.15, 0.2) is 58.0 Å². The van der Waals surface area contributed by atoms with Gasteiger partial charge in [-0.25, -0.2) is 8.42 Å². The first-order valence-corrected chi connectivity index (χ1v) is 12.0. The molecule has 0 atom stereocenters. The topological polar surface area (TPSA) is 131 Å². The van der Waals surface area contributed by atoms with Gasteiger partial charge in [0.05, 0.1) is 33.9 Å². The van der Waals surface area contributed by atoms with Crippen LogP contribution in [0, 0.1) is 0 Å². The minimum absolute atomic E-state index is 0.0350. The van der Waals surface area contributed by atoms with Crippen molar-refractivity contribution < 1.29 is 23.0 Å². The number of fused-ring (bicyclic) bond motifs is 1. The number of hydrogen-bond donors (Lipinski definition) is 2. The number of benzene rings is 2. The molecule has 0 saturated carbocycles. The SMILES string of the molecule is O=c1cc(-c2ccccc2Cl)oc2c(-c3cnc(CCS(=O)(=O)Cl)cn3)c(O)cc(O)c12. The summed E-state index contributed by atoms with van der Waals surface area (Å²) in [5, 5.41) is 21.0. The Labute approximate surface area is 191 Å². The summed E-state index contributed by atoms with van der Waals surface area (Å²) >= 11 is 6.23. The Hall–Kier alpha value is -3.14. The molecule has 2 aromatic carbocycles. The van der Waals surface area contributed by atoms with Crippen LogP contribution in [0.2, 0.25) is 5.02 Å². The molecule has 32 heavy (non-hydrogen) atoms. The molecular formula is C21H14Cl2N2O6S. The number of hydrogen-bond acceptors (Lipinski definition) is 8. The van der Waals surface area contributed by atoms with Crippen LogP contribution in [0.1, 0.15) is 5.69 Å². The fraction of sp³-hybridized carbons (Fsp3) is 0.0952. The van der Waals surface area contributed by atoms with E-state index in [4.69, 9.17) is 26.7 Å². The Morgan fingerprint density at radius 2 is 1.78 bits per heavy atom. The number of aromatic hydroxyl groups is 2. The molecule has 4 rings (SSSR count). The summed E-state index contributed by atoms with van der Waals surface area (Å²) in [5.74, 6) is -1.03. The van der Waals surface area contributed by atoms with Crippen LogP contribution >= 0.6 is 22.3 Å². The normalized spacial score (nSPS) is 11.7. The van der Waals surface area contributed by atoms with E-state index in [9.17, 15) is 23.4 Å². The lowest BCUT2D eigenvalue weighted by Crippen LogP contribution is -2.04. The highest BCUT2D eigenvalue weighted by molar-refractivity contribution is 8.13. The molecule has 8 nitrogen and oxygen atoms in total. The minimum atomic E-state index is -3.69. The standard InChI is InChI=1S/C21H14Cl2N2O6S/c22-13-4-2-1-3-12(13)18-8-17(28)20-16(27)7-15(26)19(21(20)31-18)14-10-24-11(9-25-14)5-6-32(23,29)30/h1-4,7-10,26-27H,5-6H2. The molecule has 2 heterocycles. The van der Waals surface area contributed by atoms with Crippen LogP contribution in [-0.4, -0.2) is 34.4 Å². The van der Waals surface area contributed by atoms with Crippen molar-refractivity contribution in [3.8, 4) is 34.1 Å². The van der Waals surface area contributed by atoms with Crippen LogP contribution in [-0.2, 0) is 15.5 Å². The molecule has 0 bridgehead atoms. The van der Waals surface area contributed by atoms with Gasteiger partial charge in [-0.15, -0.1) is 0 Å². The van der Waals surface area contributed by atoms with E-state index >= 15 is 0 Å². The molecule has 2 aromatic heterocycles. The predicted octanol–water partition coefficient (Wildman–Crippen LogP) is 4.09. The van der Waals surface area contributed by atoms with E-state index in [0.717, 1.165) is 6.07 Å². The first-order valence-electron chi connectivity index (χ1n) is 9.15. The number of phenolic OH excluding ortho intramolecular Hbond substituents is 2. The Balaban J connectivity index is 1.89. The zero-order chi connectivity index (χ0) is 23.0. The Bertz CT molecular complexity index is 1500. The van der Waals surface area contributed by atoms with Gasteiger partial charge >= 0.3 is 0 Å². The van der Waals surface area contributed by atoms with E-state index < -0.39 is 20.2 Å². The molecule has 0 unspecified atom stereocenters. The lowest BCUT2D eigenvalue weighted by molar-refractivity contribution is 0.453. The number of rotatable bonds is 5. The molecule has 0 radical (unpaired) electrons. The van der Waals surface area contributed by atoms with E-state index in [-0.39, 0.29) is 45.9 Å². The van der Waals surface area contributed by atoms with Crippen molar-refractivity contribution in [3.05, 3.63) is 69.7 Å². The van der Waals surface area contributed by atoms with E-state index in [0.29, 0.717) is 16.3 Å². The van der Waals surface area contributed by atoms with Crippen molar-refractivity contribution in [1.29, 1.82) is 0 Å². The Kier molecular flexibility index (Phi) is 5.81. The summed E-state index contributed by atoms with van der Waals surface area (Å²) < 4.78 is 28.2. The van der Waals surface area contributed by atoms with Gasteiger partial charge in [-0.05, 0) is 12.1 Å². The van der Waals surface area contributed by atoms with Gasteiger partial charge in [-0.2, -0.15) is 0 Å². The largest absolute Gasteiger partial charge is 0.507 e. The number of nitrogens with zero attached hydrogens (tertiary/aromatic N) is 2. The van der Waals surface area contributed by atoms with Crippen molar-refractivity contribution in [2.75, 3.05) is 5.75 Å². The number of aryl methyl sites for hydroxylation is 1. The third kappa shape index (κ3) is 4.40. The number of phenols is 2. The minimum Gasteiger partial charge on any atom is -0.507 e. The smallest absolute Gasteiger partial charge is 0.232 e. The second-order valence-electron chi connectivity index (χ2n) is 6.83. The summed E-state index contributed by atoms with van der Waals surface area (Å²) in [7, 11) is 1.53. The van der Waals surface area contributed by atoms with Crippen molar-refractivity contribution in [2.45, 2.75) is 6.42 Å². The van der Waals surface area contributed by atoms with Crippen LogP contribution in [0.25, 0.3) is 33.6 Å². The molecule has 0 amide bonds. The molecule has 2 N–H and O–H groups in total. The van der Waals surface area contributed by atoms with Gasteiger partial charge in [0.15, 0.2) is 11.0 Å². The maximum atomic E-state index is 12.8. The van der Waals surface area contributed by atoms with Gasteiger partial charge in [-0.1, -0.05) is 23.7 Å². The Morgan fingerprint density at radius 3 is 2.44 bits per heavy atom. The molecule has 4 aromatic rings. The predicted molar refractivity (Wildman–Crippen MR) is 121 cm³/mol. The van der Waals surface area contributed by atoms with Crippen LogP contribution in [0.4, 0.5) is 0 Å². The molecular weight excluding hydrogens is 479 g/mol. The van der Waals surface area contributed by atoms with E-state index in [1.807, 2.05) is 0 Å². The third-order valence-electron chi connectivity index (χ3n) is 4.66. The van der Waals surface area contributed by atoms with Gasteiger partial charge in [0.2, 0.25) is 9.05 Å². The lowest BCUT2D eigenvalue weighted by atomic mass is 10.0. The second-order valence-corrected chi connectivity index (χ2v) is 10.1. The van der Waals surface area contributed by atoms with Crippen LogP contribution < -0.4 is 5.43 Å². The first-order chi connectivity index (χ1) is 15.1. The van der Waals surface area contributed by atoms with E-state index in [1.165, 1.54) is 18.5 Å². The Morgan fingerprint density at radius 1 is 1.03 bits per heavy atom. The van der Waals surface area contributed by atoms with Crippen LogP contribution in [0.3, 0.4) is 0 Å². The van der Waals surface area contributed by atoms with Gasteiger partial charge in [0, 0.05) is 41.0 Å². The third-order valence-corrected chi connectivity index (χ3v) is 6.15. The highest BCUT2D eigenvalue weighted by Crippen LogP contribution is 2.40.